The Hall–Kier alpha value is -2.97. The molecule has 0 aliphatic carbocycles. The molecule has 0 bridgehead atoms. The van der Waals surface area contributed by atoms with Gasteiger partial charge in [-0.1, -0.05) is 29.8 Å². The summed E-state index contributed by atoms with van der Waals surface area (Å²) in [5, 5.41) is 2.80. The summed E-state index contributed by atoms with van der Waals surface area (Å²) in [5.41, 5.74) is 2.32. The number of ether oxygens (including phenoxy) is 1. The molecule has 0 saturated carbocycles. The number of carbonyl (C=O) groups is 1. The quantitative estimate of drug-likeness (QED) is 0.474. The van der Waals surface area contributed by atoms with E-state index >= 15 is 0 Å². The van der Waals surface area contributed by atoms with Crippen LogP contribution >= 0.6 is 11.8 Å². The second-order valence-corrected chi connectivity index (χ2v) is 9.89. The van der Waals surface area contributed by atoms with Crippen molar-refractivity contribution in [3.63, 3.8) is 0 Å². The molecular formula is C24H26N2O4S2. The number of carbonyl (C=O) groups excluding carboxylic acids is 1. The molecule has 0 aliphatic heterocycles. The van der Waals surface area contributed by atoms with Gasteiger partial charge in [0.1, 0.15) is 12.3 Å². The van der Waals surface area contributed by atoms with Crippen LogP contribution in [-0.2, 0) is 21.4 Å². The minimum Gasteiger partial charge on any atom is -0.497 e. The molecule has 0 heterocycles. The lowest BCUT2D eigenvalue weighted by Gasteiger charge is -2.24. The molecule has 0 fully saturated rings. The van der Waals surface area contributed by atoms with Gasteiger partial charge in [0, 0.05) is 11.4 Å². The van der Waals surface area contributed by atoms with E-state index in [4.69, 9.17) is 4.74 Å². The van der Waals surface area contributed by atoms with Crippen LogP contribution in [0.15, 0.2) is 82.6 Å². The Labute approximate surface area is 193 Å². The minimum absolute atomic E-state index is 0.138. The maximum atomic E-state index is 13.4. The Kier molecular flexibility index (Phi) is 7.82. The van der Waals surface area contributed by atoms with Crippen molar-refractivity contribution in [3.8, 4) is 5.75 Å². The van der Waals surface area contributed by atoms with E-state index in [1.54, 1.807) is 43.5 Å². The minimum atomic E-state index is -3.93. The molecular weight excluding hydrogens is 444 g/mol. The molecule has 6 nitrogen and oxygen atoms in total. The molecule has 0 aromatic heterocycles. The van der Waals surface area contributed by atoms with Gasteiger partial charge in [0.25, 0.3) is 10.0 Å². The normalized spacial score (nSPS) is 11.1. The fourth-order valence-corrected chi connectivity index (χ4v) is 4.86. The second-order valence-electron chi connectivity index (χ2n) is 7.15. The predicted molar refractivity (Wildman–Crippen MR) is 129 cm³/mol. The van der Waals surface area contributed by atoms with Gasteiger partial charge < -0.3 is 10.1 Å². The molecule has 168 valence electrons. The van der Waals surface area contributed by atoms with Crippen molar-refractivity contribution in [1.82, 2.24) is 5.32 Å². The predicted octanol–water partition coefficient (Wildman–Crippen LogP) is 4.24. The standard InChI is InChI=1S/C24H26N2O4S2/c1-18-4-8-20(9-5-18)26(32(28,29)23-14-12-22(31-3)13-15-23)17-24(27)25-16-19-6-10-21(30-2)11-7-19/h4-15H,16-17H2,1-3H3,(H,25,27). The molecule has 0 saturated heterocycles. The van der Waals surface area contributed by atoms with Crippen molar-refractivity contribution < 1.29 is 17.9 Å². The van der Waals surface area contributed by atoms with Crippen LogP contribution in [0.3, 0.4) is 0 Å². The van der Waals surface area contributed by atoms with Gasteiger partial charge in [-0.15, -0.1) is 11.8 Å². The smallest absolute Gasteiger partial charge is 0.264 e. The van der Waals surface area contributed by atoms with Crippen LogP contribution in [0.4, 0.5) is 5.69 Å². The first-order chi connectivity index (χ1) is 15.3. The van der Waals surface area contributed by atoms with Gasteiger partial charge in [-0.25, -0.2) is 8.42 Å². The van der Waals surface area contributed by atoms with E-state index in [0.29, 0.717) is 5.69 Å². The summed E-state index contributed by atoms with van der Waals surface area (Å²) >= 11 is 1.53. The van der Waals surface area contributed by atoms with Gasteiger partial charge in [-0.2, -0.15) is 0 Å². The van der Waals surface area contributed by atoms with Gasteiger partial charge in [0.15, 0.2) is 0 Å². The number of anilines is 1. The molecule has 0 spiro atoms. The fourth-order valence-electron chi connectivity index (χ4n) is 3.03. The third kappa shape index (κ3) is 5.83. The molecule has 0 unspecified atom stereocenters. The monoisotopic (exact) mass is 470 g/mol. The topological polar surface area (TPSA) is 75.7 Å². The summed E-state index contributed by atoms with van der Waals surface area (Å²) in [6, 6.07) is 21.0. The molecule has 32 heavy (non-hydrogen) atoms. The van der Waals surface area contributed by atoms with Gasteiger partial charge in [-0.3, -0.25) is 9.10 Å². The third-order valence-corrected chi connectivity index (χ3v) is 7.44. The molecule has 1 N–H and O–H groups in total. The number of rotatable bonds is 9. The van der Waals surface area contributed by atoms with E-state index in [1.807, 2.05) is 49.6 Å². The van der Waals surface area contributed by atoms with Gasteiger partial charge in [0.05, 0.1) is 17.7 Å². The number of hydrogen-bond donors (Lipinski definition) is 1. The van der Waals surface area contributed by atoms with Crippen LogP contribution in [0, 0.1) is 6.92 Å². The Morgan fingerprint density at radius 2 is 1.59 bits per heavy atom. The average molecular weight is 471 g/mol. The van der Waals surface area contributed by atoms with Crippen LogP contribution in [0.25, 0.3) is 0 Å². The number of amides is 1. The van der Waals surface area contributed by atoms with Crippen molar-refractivity contribution in [2.45, 2.75) is 23.3 Å². The van der Waals surface area contributed by atoms with Gasteiger partial charge in [-0.05, 0) is 67.3 Å². The molecule has 0 atom stereocenters. The number of hydrogen-bond acceptors (Lipinski definition) is 5. The summed E-state index contributed by atoms with van der Waals surface area (Å²) in [6.07, 6.45) is 1.93. The summed E-state index contributed by atoms with van der Waals surface area (Å²) in [7, 11) is -2.34. The van der Waals surface area contributed by atoms with Crippen LogP contribution in [-0.4, -0.2) is 34.2 Å². The van der Waals surface area contributed by atoms with Crippen molar-refractivity contribution in [2.75, 3.05) is 24.2 Å². The Morgan fingerprint density at radius 1 is 0.969 bits per heavy atom. The first kappa shape index (κ1) is 23.7. The van der Waals surface area contributed by atoms with E-state index < -0.39 is 15.9 Å². The number of methoxy groups -OCH3 is 1. The number of nitrogens with one attached hydrogen (secondary N) is 1. The lowest BCUT2D eigenvalue weighted by molar-refractivity contribution is -0.119. The van der Waals surface area contributed by atoms with Crippen molar-refractivity contribution in [1.29, 1.82) is 0 Å². The van der Waals surface area contributed by atoms with Crippen molar-refractivity contribution >= 4 is 33.4 Å². The van der Waals surface area contributed by atoms with E-state index in [9.17, 15) is 13.2 Å². The molecule has 0 radical (unpaired) electrons. The molecule has 1 amide bonds. The number of sulfonamides is 1. The number of aryl methyl sites for hydroxylation is 1. The maximum absolute atomic E-state index is 13.4. The Morgan fingerprint density at radius 3 is 2.16 bits per heavy atom. The van der Waals surface area contributed by atoms with Gasteiger partial charge in [0.2, 0.25) is 5.91 Å². The zero-order valence-electron chi connectivity index (χ0n) is 18.2. The van der Waals surface area contributed by atoms with E-state index in [0.717, 1.165) is 26.1 Å². The molecule has 3 rings (SSSR count). The largest absolute Gasteiger partial charge is 0.497 e. The lowest BCUT2D eigenvalue weighted by Crippen LogP contribution is -2.40. The summed E-state index contributed by atoms with van der Waals surface area (Å²) in [4.78, 5) is 13.8. The molecule has 8 heteroatoms. The van der Waals surface area contributed by atoms with E-state index in [1.165, 1.54) is 11.8 Å². The second kappa shape index (κ2) is 10.6. The summed E-state index contributed by atoms with van der Waals surface area (Å²) in [5.74, 6) is 0.329. The molecule has 3 aromatic carbocycles. The van der Waals surface area contributed by atoms with Crippen molar-refractivity contribution in [2.24, 2.45) is 0 Å². The third-order valence-electron chi connectivity index (χ3n) is 4.91. The van der Waals surface area contributed by atoms with Crippen LogP contribution in [0.2, 0.25) is 0 Å². The van der Waals surface area contributed by atoms with Crippen molar-refractivity contribution in [3.05, 3.63) is 83.9 Å². The highest BCUT2D eigenvalue weighted by Gasteiger charge is 2.27. The maximum Gasteiger partial charge on any atom is 0.264 e. The summed E-state index contributed by atoms with van der Waals surface area (Å²) in [6.45, 7) is 1.88. The summed E-state index contributed by atoms with van der Waals surface area (Å²) < 4.78 is 33.1. The highest BCUT2D eigenvalue weighted by molar-refractivity contribution is 7.98. The Balaban J connectivity index is 1.82. The highest BCUT2D eigenvalue weighted by atomic mass is 32.2. The first-order valence-electron chi connectivity index (χ1n) is 9.96. The first-order valence-corrected chi connectivity index (χ1v) is 12.6. The van der Waals surface area contributed by atoms with Crippen LogP contribution < -0.4 is 14.4 Å². The Bertz CT molecular complexity index is 1140. The zero-order chi connectivity index (χ0) is 23.1. The van der Waals surface area contributed by atoms with Gasteiger partial charge >= 0.3 is 0 Å². The van der Waals surface area contributed by atoms with E-state index in [2.05, 4.69) is 5.32 Å². The lowest BCUT2D eigenvalue weighted by atomic mass is 10.2. The molecule has 3 aromatic rings. The number of benzene rings is 3. The zero-order valence-corrected chi connectivity index (χ0v) is 19.9. The van der Waals surface area contributed by atoms with Crippen LogP contribution in [0.1, 0.15) is 11.1 Å². The molecule has 0 aliphatic rings. The fraction of sp³-hybridized carbons (Fsp3) is 0.208. The number of nitrogens with zero attached hydrogens (tertiary/aromatic N) is 1. The highest BCUT2D eigenvalue weighted by Crippen LogP contribution is 2.25. The average Bonchev–Trinajstić information content (AvgIpc) is 2.82. The number of thioether (sulfide) groups is 1. The van der Waals surface area contributed by atoms with E-state index in [-0.39, 0.29) is 18.0 Å². The SMILES string of the molecule is COc1ccc(CNC(=O)CN(c2ccc(C)cc2)S(=O)(=O)c2ccc(SC)cc2)cc1. The van der Waals surface area contributed by atoms with Crippen LogP contribution in [0.5, 0.6) is 5.75 Å².